The maximum absolute atomic E-state index is 11.5. The van der Waals surface area contributed by atoms with E-state index in [1.54, 1.807) is 18.4 Å². The van der Waals surface area contributed by atoms with Crippen LogP contribution in [-0.2, 0) is 11.3 Å². The highest BCUT2D eigenvalue weighted by Crippen LogP contribution is 2.27. The van der Waals surface area contributed by atoms with Gasteiger partial charge in [-0.1, -0.05) is 17.7 Å². The monoisotopic (exact) mass is 334 g/mol. The molecule has 1 saturated heterocycles. The summed E-state index contributed by atoms with van der Waals surface area (Å²) in [6.07, 6.45) is 4.22. The van der Waals surface area contributed by atoms with Crippen LogP contribution in [0.2, 0.25) is 5.02 Å². The SMILES string of the molecule is C[C@@H]1CCC[C@H](C(=O)O)N1Cc1coc(-c2cccc(Cl)c2)n1. The average Bonchev–Trinajstić information content (AvgIpc) is 2.98. The van der Waals surface area contributed by atoms with Crippen molar-refractivity contribution in [2.24, 2.45) is 0 Å². The molecule has 0 saturated carbocycles. The summed E-state index contributed by atoms with van der Waals surface area (Å²) in [5.74, 6) is -0.269. The fourth-order valence-corrected chi connectivity index (χ4v) is 3.29. The predicted octanol–water partition coefficient (Wildman–Crippen LogP) is 3.82. The lowest BCUT2D eigenvalue weighted by molar-refractivity contribution is -0.146. The summed E-state index contributed by atoms with van der Waals surface area (Å²) < 4.78 is 5.53. The molecule has 1 aromatic heterocycles. The lowest BCUT2D eigenvalue weighted by Gasteiger charge is -2.37. The Morgan fingerprint density at radius 2 is 2.30 bits per heavy atom. The third kappa shape index (κ3) is 3.57. The van der Waals surface area contributed by atoms with Crippen LogP contribution >= 0.6 is 11.6 Å². The number of carboxylic acid groups (broad SMARTS) is 1. The number of hydrogen-bond acceptors (Lipinski definition) is 4. The third-order valence-corrected chi connectivity index (χ3v) is 4.55. The fraction of sp³-hybridized carbons (Fsp3) is 0.412. The van der Waals surface area contributed by atoms with Crippen LogP contribution in [0.1, 0.15) is 31.9 Å². The molecule has 6 heteroatoms. The van der Waals surface area contributed by atoms with Gasteiger partial charge in [0.2, 0.25) is 5.89 Å². The first-order valence-corrected chi connectivity index (χ1v) is 8.11. The van der Waals surface area contributed by atoms with Crippen molar-refractivity contribution in [3.63, 3.8) is 0 Å². The van der Waals surface area contributed by atoms with Gasteiger partial charge in [0.1, 0.15) is 12.3 Å². The van der Waals surface area contributed by atoms with Gasteiger partial charge >= 0.3 is 5.97 Å². The summed E-state index contributed by atoms with van der Waals surface area (Å²) in [6.45, 7) is 2.54. The Hall–Kier alpha value is -1.85. The second-order valence-corrected chi connectivity index (χ2v) is 6.40. The van der Waals surface area contributed by atoms with Gasteiger partial charge in [0.15, 0.2) is 0 Å². The zero-order valence-corrected chi connectivity index (χ0v) is 13.7. The van der Waals surface area contributed by atoms with Crippen molar-refractivity contribution in [3.05, 3.63) is 41.2 Å². The van der Waals surface area contributed by atoms with Gasteiger partial charge in [-0.2, -0.15) is 0 Å². The number of rotatable bonds is 4. The van der Waals surface area contributed by atoms with Crippen LogP contribution in [0.5, 0.6) is 0 Å². The molecule has 1 aromatic carbocycles. The summed E-state index contributed by atoms with van der Waals surface area (Å²) in [5.41, 5.74) is 1.55. The standard InChI is InChI=1S/C17H19ClN2O3/c1-11-4-2-7-15(17(21)22)20(11)9-14-10-23-16(19-14)12-5-3-6-13(18)8-12/h3,5-6,8,10-11,15H,2,4,7,9H2,1H3,(H,21,22)/t11-,15-/m1/s1. The van der Waals surface area contributed by atoms with E-state index in [0.717, 1.165) is 24.1 Å². The van der Waals surface area contributed by atoms with Crippen molar-refractivity contribution in [1.29, 1.82) is 0 Å². The molecule has 0 amide bonds. The minimum atomic E-state index is -0.768. The van der Waals surface area contributed by atoms with Gasteiger partial charge in [0.25, 0.3) is 0 Å². The summed E-state index contributed by atoms with van der Waals surface area (Å²) >= 11 is 5.99. The summed E-state index contributed by atoms with van der Waals surface area (Å²) in [7, 11) is 0. The van der Waals surface area contributed by atoms with E-state index in [-0.39, 0.29) is 6.04 Å². The number of aliphatic carboxylic acids is 1. The van der Waals surface area contributed by atoms with Crippen molar-refractivity contribution in [2.45, 2.75) is 44.8 Å². The van der Waals surface area contributed by atoms with E-state index in [9.17, 15) is 9.90 Å². The van der Waals surface area contributed by atoms with Crippen molar-refractivity contribution < 1.29 is 14.3 Å². The largest absolute Gasteiger partial charge is 0.480 e. The van der Waals surface area contributed by atoms with Crippen molar-refractivity contribution in [2.75, 3.05) is 0 Å². The molecule has 0 bridgehead atoms. The number of aromatic nitrogens is 1. The van der Waals surface area contributed by atoms with E-state index in [1.165, 1.54) is 0 Å². The molecule has 0 aliphatic carbocycles. The molecule has 122 valence electrons. The highest BCUT2D eigenvalue weighted by atomic mass is 35.5. The predicted molar refractivity (Wildman–Crippen MR) is 87.2 cm³/mol. The number of piperidine rings is 1. The van der Waals surface area contributed by atoms with Crippen molar-refractivity contribution in [1.82, 2.24) is 9.88 Å². The van der Waals surface area contributed by atoms with Crippen molar-refractivity contribution >= 4 is 17.6 Å². The zero-order chi connectivity index (χ0) is 16.4. The summed E-state index contributed by atoms with van der Waals surface area (Å²) in [4.78, 5) is 17.9. The molecule has 2 heterocycles. The molecular weight excluding hydrogens is 316 g/mol. The molecule has 0 spiro atoms. The third-order valence-electron chi connectivity index (χ3n) is 4.32. The molecule has 3 rings (SSSR count). The molecule has 1 fully saturated rings. The van der Waals surface area contributed by atoms with Gasteiger partial charge in [-0.3, -0.25) is 9.69 Å². The maximum Gasteiger partial charge on any atom is 0.320 e. The van der Waals surface area contributed by atoms with Crippen LogP contribution < -0.4 is 0 Å². The van der Waals surface area contributed by atoms with Gasteiger partial charge < -0.3 is 9.52 Å². The second kappa shape index (κ2) is 6.72. The van der Waals surface area contributed by atoms with E-state index in [2.05, 4.69) is 11.9 Å². The Kier molecular flexibility index (Phi) is 4.68. The molecule has 2 atom stereocenters. The number of halogens is 1. The average molecular weight is 335 g/mol. The summed E-state index contributed by atoms with van der Waals surface area (Å²) in [6, 6.07) is 7.07. The van der Waals surface area contributed by atoms with Gasteiger partial charge in [0.05, 0.1) is 5.69 Å². The molecular formula is C17H19ClN2O3. The fourth-order valence-electron chi connectivity index (χ4n) is 3.10. The topological polar surface area (TPSA) is 66.6 Å². The van der Waals surface area contributed by atoms with Crippen molar-refractivity contribution in [3.8, 4) is 11.5 Å². The van der Waals surface area contributed by atoms with Crippen LogP contribution in [-0.4, -0.2) is 33.0 Å². The number of carboxylic acids is 1. The number of oxazole rings is 1. The van der Waals surface area contributed by atoms with Gasteiger partial charge in [-0.15, -0.1) is 0 Å². The zero-order valence-electron chi connectivity index (χ0n) is 12.9. The first-order valence-electron chi connectivity index (χ1n) is 7.73. The molecule has 2 aromatic rings. The molecule has 1 aliphatic rings. The molecule has 1 N–H and O–H groups in total. The van der Waals surface area contributed by atoms with Crippen LogP contribution in [0.25, 0.3) is 11.5 Å². The van der Waals surface area contributed by atoms with Gasteiger partial charge in [0, 0.05) is 23.2 Å². The second-order valence-electron chi connectivity index (χ2n) is 5.96. The highest BCUT2D eigenvalue weighted by Gasteiger charge is 2.33. The summed E-state index contributed by atoms with van der Waals surface area (Å²) in [5, 5.41) is 10.0. The molecule has 0 unspecified atom stereocenters. The number of hydrogen-bond donors (Lipinski definition) is 1. The molecule has 1 aliphatic heterocycles. The Balaban J connectivity index is 1.79. The first kappa shape index (κ1) is 16.0. The van der Waals surface area contributed by atoms with E-state index < -0.39 is 12.0 Å². The van der Waals surface area contributed by atoms with Crippen LogP contribution in [0.4, 0.5) is 0 Å². The number of carbonyl (C=O) groups is 1. The van der Waals surface area contributed by atoms with E-state index in [4.69, 9.17) is 16.0 Å². The van der Waals surface area contributed by atoms with Crippen LogP contribution in [0, 0.1) is 0 Å². The Labute approximate surface area is 139 Å². The highest BCUT2D eigenvalue weighted by molar-refractivity contribution is 6.30. The van der Waals surface area contributed by atoms with E-state index >= 15 is 0 Å². The Morgan fingerprint density at radius 1 is 1.48 bits per heavy atom. The minimum absolute atomic E-state index is 0.219. The van der Waals surface area contributed by atoms with Gasteiger partial charge in [-0.05, 0) is 44.4 Å². The Bertz CT molecular complexity index is 701. The van der Waals surface area contributed by atoms with Crippen LogP contribution in [0.15, 0.2) is 34.9 Å². The Morgan fingerprint density at radius 3 is 3.04 bits per heavy atom. The normalized spacial score (nSPS) is 22.2. The quantitative estimate of drug-likeness (QED) is 0.920. The maximum atomic E-state index is 11.5. The molecule has 0 radical (unpaired) electrons. The molecule has 5 nitrogen and oxygen atoms in total. The minimum Gasteiger partial charge on any atom is -0.480 e. The van der Waals surface area contributed by atoms with E-state index in [1.807, 2.05) is 17.0 Å². The smallest absolute Gasteiger partial charge is 0.320 e. The first-order chi connectivity index (χ1) is 11.0. The lowest BCUT2D eigenvalue weighted by Crippen LogP contribution is -2.48. The van der Waals surface area contributed by atoms with Gasteiger partial charge in [-0.25, -0.2) is 4.98 Å². The van der Waals surface area contributed by atoms with E-state index in [0.29, 0.717) is 23.9 Å². The lowest BCUT2D eigenvalue weighted by atomic mass is 9.96. The number of nitrogens with zero attached hydrogens (tertiary/aromatic N) is 2. The number of benzene rings is 1. The van der Waals surface area contributed by atoms with Crippen LogP contribution in [0.3, 0.4) is 0 Å². The molecule has 23 heavy (non-hydrogen) atoms. The number of likely N-dealkylation sites (tertiary alicyclic amines) is 1.